The normalized spacial score (nSPS) is 15.1. The third-order valence-electron chi connectivity index (χ3n) is 6.73. The molecular formula is C29H30FN3O4. The van der Waals surface area contributed by atoms with Gasteiger partial charge in [0, 0.05) is 23.5 Å². The van der Waals surface area contributed by atoms with Gasteiger partial charge < -0.3 is 20.6 Å². The first-order valence-corrected chi connectivity index (χ1v) is 12.3. The molecule has 1 saturated heterocycles. The molecule has 1 heterocycles. The van der Waals surface area contributed by atoms with Crippen molar-refractivity contribution in [2.45, 2.75) is 45.6 Å². The highest BCUT2D eigenvalue weighted by atomic mass is 19.1. The van der Waals surface area contributed by atoms with Crippen LogP contribution in [0.3, 0.4) is 0 Å². The summed E-state index contributed by atoms with van der Waals surface area (Å²) in [6, 6.07) is 16.2. The van der Waals surface area contributed by atoms with E-state index in [1.165, 1.54) is 24.6 Å². The Morgan fingerprint density at radius 1 is 0.946 bits per heavy atom. The van der Waals surface area contributed by atoms with Crippen molar-refractivity contribution in [2.75, 3.05) is 17.2 Å². The minimum Gasteiger partial charge on any atom is -0.478 e. The molecule has 3 aromatic carbocycles. The van der Waals surface area contributed by atoms with E-state index in [0.29, 0.717) is 35.8 Å². The fourth-order valence-electron chi connectivity index (χ4n) is 4.53. The molecule has 1 aliphatic rings. The highest BCUT2D eigenvalue weighted by molar-refractivity contribution is 5.99. The van der Waals surface area contributed by atoms with Crippen LogP contribution in [0.4, 0.5) is 20.6 Å². The molecule has 1 atom stereocenters. The number of anilines is 2. The number of urea groups is 1. The molecule has 0 radical (unpaired) electrons. The zero-order chi connectivity index (χ0) is 26.7. The van der Waals surface area contributed by atoms with E-state index in [1.807, 2.05) is 24.3 Å². The quantitative estimate of drug-likeness (QED) is 0.370. The van der Waals surface area contributed by atoms with Crippen molar-refractivity contribution in [1.82, 2.24) is 4.90 Å². The monoisotopic (exact) mass is 503 g/mol. The lowest BCUT2D eigenvalue weighted by Crippen LogP contribution is -2.45. The number of benzene rings is 3. The Balaban J connectivity index is 1.41. The van der Waals surface area contributed by atoms with Gasteiger partial charge in [-0.1, -0.05) is 44.2 Å². The Hall–Kier alpha value is -4.20. The fourth-order valence-corrected chi connectivity index (χ4v) is 4.53. The summed E-state index contributed by atoms with van der Waals surface area (Å²) in [5.41, 5.74) is 3.19. The van der Waals surface area contributed by atoms with E-state index in [-0.39, 0.29) is 28.6 Å². The Kier molecular flexibility index (Phi) is 7.57. The summed E-state index contributed by atoms with van der Waals surface area (Å²) >= 11 is 0. The first-order valence-electron chi connectivity index (χ1n) is 12.3. The first kappa shape index (κ1) is 25.9. The van der Waals surface area contributed by atoms with E-state index in [1.54, 1.807) is 29.2 Å². The topological polar surface area (TPSA) is 98.7 Å². The molecule has 0 unspecified atom stereocenters. The summed E-state index contributed by atoms with van der Waals surface area (Å²) in [5.74, 6) is -1.67. The third-order valence-corrected chi connectivity index (χ3v) is 6.73. The van der Waals surface area contributed by atoms with Gasteiger partial charge in [-0.15, -0.1) is 0 Å². The van der Waals surface area contributed by atoms with Gasteiger partial charge in [-0.25, -0.2) is 14.0 Å². The molecule has 7 nitrogen and oxygen atoms in total. The molecule has 8 heteroatoms. The average molecular weight is 504 g/mol. The van der Waals surface area contributed by atoms with Crippen LogP contribution in [0.5, 0.6) is 0 Å². The van der Waals surface area contributed by atoms with E-state index in [2.05, 4.69) is 24.5 Å². The molecule has 4 rings (SSSR count). The molecule has 37 heavy (non-hydrogen) atoms. The van der Waals surface area contributed by atoms with Gasteiger partial charge in [-0.05, 0) is 72.7 Å². The molecule has 1 fully saturated rings. The zero-order valence-electron chi connectivity index (χ0n) is 21.0. The number of likely N-dealkylation sites (tertiary alicyclic amines) is 1. The number of nitrogens with zero attached hydrogens (tertiary/aromatic N) is 1. The minimum atomic E-state index is -1.18. The molecule has 3 amide bonds. The van der Waals surface area contributed by atoms with Crippen molar-refractivity contribution in [1.29, 1.82) is 0 Å². The number of amides is 3. The molecule has 3 N–H and O–H groups in total. The lowest BCUT2D eigenvalue weighted by Gasteiger charge is -2.24. The molecule has 0 aliphatic carbocycles. The maximum Gasteiger partial charge on any atom is 0.336 e. The maximum absolute atomic E-state index is 14.8. The average Bonchev–Trinajstić information content (AvgIpc) is 3.37. The number of carbonyl (C=O) groups is 3. The van der Waals surface area contributed by atoms with Crippen molar-refractivity contribution in [3.05, 3.63) is 83.2 Å². The number of hydrogen-bond donors (Lipinski definition) is 3. The van der Waals surface area contributed by atoms with Gasteiger partial charge in [0.1, 0.15) is 11.9 Å². The summed E-state index contributed by atoms with van der Waals surface area (Å²) in [6.07, 6.45) is 1.28. The van der Waals surface area contributed by atoms with Gasteiger partial charge in [0.25, 0.3) is 0 Å². The van der Waals surface area contributed by atoms with Crippen LogP contribution in [-0.4, -0.2) is 40.5 Å². The molecule has 192 valence electrons. The van der Waals surface area contributed by atoms with Gasteiger partial charge in [0.15, 0.2) is 0 Å². The van der Waals surface area contributed by atoms with Crippen LogP contribution in [0.15, 0.2) is 60.7 Å². The third kappa shape index (κ3) is 5.63. The van der Waals surface area contributed by atoms with Crippen molar-refractivity contribution in [2.24, 2.45) is 0 Å². The van der Waals surface area contributed by atoms with E-state index in [4.69, 9.17) is 0 Å². The molecule has 0 bridgehead atoms. The fraction of sp³-hybridized carbons (Fsp3) is 0.276. The van der Waals surface area contributed by atoms with Crippen molar-refractivity contribution >= 4 is 29.3 Å². The molecule has 1 aliphatic heterocycles. The number of carbonyl (C=O) groups excluding carboxylic acids is 2. The molecule has 3 aromatic rings. The van der Waals surface area contributed by atoms with Crippen LogP contribution in [0, 0.1) is 12.7 Å². The highest BCUT2D eigenvalue weighted by Gasteiger charge is 2.34. The van der Waals surface area contributed by atoms with E-state index < -0.39 is 17.8 Å². The van der Waals surface area contributed by atoms with Crippen LogP contribution >= 0.6 is 0 Å². The van der Waals surface area contributed by atoms with E-state index >= 15 is 0 Å². The predicted molar refractivity (Wildman–Crippen MR) is 141 cm³/mol. The summed E-state index contributed by atoms with van der Waals surface area (Å²) < 4.78 is 14.8. The highest BCUT2D eigenvalue weighted by Crippen LogP contribution is 2.29. The maximum atomic E-state index is 14.8. The Morgan fingerprint density at radius 2 is 1.57 bits per heavy atom. The smallest absolute Gasteiger partial charge is 0.336 e. The van der Waals surface area contributed by atoms with Crippen molar-refractivity contribution in [3.8, 4) is 11.1 Å². The second-order valence-electron chi connectivity index (χ2n) is 9.53. The number of carboxylic acid groups (broad SMARTS) is 1. The van der Waals surface area contributed by atoms with Crippen molar-refractivity contribution in [3.63, 3.8) is 0 Å². The van der Waals surface area contributed by atoms with E-state index in [9.17, 15) is 23.9 Å². The molecule has 0 saturated carbocycles. The van der Waals surface area contributed by atoms with E-state index in [0.717, 1.165) is 6.42 Å². The molecule has 0 aromatic heterocycles. The first-order chi connectivity index (χ1) is 17.7. The largest absolute Gasteiger partial charge is 0.478 e. The number of halogens is 1. The number of carboxylic acids is 1. The van der Waals surface area contributed by atoms with Gasteiger partial charge in [-0.2, -0.15) is 0 Å². The SMILES string of the molecule is Cc1c(C(=O)O)ccc(-c2ccc(NC(=O)[C@H]3CCCN3C(=O)Nc3ccc(C(C)C)cc3)cc2)c1F. The summed E-state index contributed by atoms with van der Waals surface area (Å²) in [7, 11) is 0. The van der Waals surface area contributed by atoms with Crippen LogP contribution in [-0.2, 0) is 4.79 Å². The second kappa shape index (κ2) is 10.8. The number of hydrogen-bond acceptors (Lipinski definition) is 3. The number of aromatic carboxylic acids is 1. The van der Waals surface area contributed by atoms with Gasteiger partial charge in [-0.3, -0.25) is 4.79 Å². The minimum absolute atomic E-state index is 0.0674. The van der Waals surface area contributed by atoms with Crippen LogP contribution in [0.2, 0.25) is 0 Å². The lowest BCUT2D eigenvalue weighted by molar-refractivity contribution is -0.119. The number of rotatable bonds is 6. The predicted octanol–water partition coefficient (Wildman–Crippen LogP) is 6.26. The summed E-state index contributed by atoms with van der Waals surface area (Å²) in [6.45, 7) is 6.12. The van der Waals surface area contributed by atoms with Gasteiger partial charge >= 0.3 is 12.0 Å². The Labute approximate surface area is 215 Å². The Bertz CT molecular complexity index is 1320. The zero-order valence-corrected chi connectivity index (χ0v) is 21.0. The summed E-state index contributed by atoms with van der Waals surface area (Å²) in [4.78, 5) is 38.7. The number of nitrogens with one attached hydrogen (secondary N) is 2. The standard InChI is InChI=1S/C29H30FN3O4/c1-17(2)19-6-10-22(11-7-19)32-29(37)33-16-4-5-25(33)27(34)31-21-12-8-20(9-13-21)24-15-14-23(28(35)36)18(3)26(24)30/h6-15,17,25H,4-5,16H2,1-3H3,(H,31,34)(H,32,37)(H,35,36)/t25-/m1/s1. The summed E-state index contributed by atoms with van der Waals surface area (Å²) in [5, 5.41) is 14.9. The van der Waals surface area contributed by atoms with Crippen LogP contribution in [0.25, 0.3) is 11.1 Å². The van der Waals surface area contributed by atoms with Crippen LogP contribution < -0.4 is 10.6 Å². The van der Waals surface area contributed by atoms with Crippen molar-refractivity contribution < 1.29 is 23.9 Å². The lowest BCUT2D eigenvalue weighted by atomic mass is 9.98. The van der Waals surface area contributed by atoms with Crippen LogP contribution in [0.1, 0.15) is 54.1 Å². The van der Waals surface area contributed by atoms with Gasteiger partial charge in [0.05, 0.1) is 5.56 Å². The second-order valence-corrected chi connectivity index (χ2v) is 9.53. The molecule has 0 spiro atoms. The van der Waals surface area contributed by atoms with Gasteiger partial charge in [0.2, 0.25) is 5.91 Å². The molecular weight excluding hydrogens is 473 g/mol. The Morgan fingerprint density at radius 3 is 2.19 bits per heavy atom.